The standard InChI is InChI=1S/C11H15BrN4O/c12-9-5-8(13)6-14-11(9)15-7-10(17)16-3-1-2-4-16/h5-6H,1-4,7,13H2,(H,14,15). The predicted molar refractivity (Wildman–Crippen MR) is 70.7 cm³/mol. The molecule has 0 spiro atoms. The molecule has 1 amide bonds. The third-order valence-electron chi connectivity index (χ3n) is 2.73. The molecule has 0 unspecified atom stereocenters. The first kappa shape index (κ1) is 12.2. The summed E-state index contributed by atoms with van der Waals surface area (Å²) in [5.41, 5.74) is 6.18. The molecule has 3 N–H and O–H groups in total. The lowest BCUT2D eigenvalue weighted by Crippen LogP contribution is -2.33. The van der Waals surface area contributed by atoms with Gasteiger partial charge in [-0.3, -0.25) is 4.79 Å². The molecule has 1 saturated heterocycles. The number of carbonyl (C=O) groups excluding carboxylic acids is 1. The van der Waals surface area contributed by atoms with Gasteiger partial charge in [0.15, 0.2) is 0 Å². The van der Waals surface area contributed by atoms with Crippen molar-refractivity contribution in [3.63, 3.8) is 0 Å². The highest BCUT2D eigenvalue weighted by Crippen LogP contribution is 2.21. The molecule has 1 aromatic heterocycles. The zero-order chi connectivity index (χ0) is 12.3. The molecule has 0 aliphatic carbocycles. The summed E-state index contributed by atoms with van der Waals surface area (Å²) in [7, 11) is 0. The van der Waals surface area contributed by atoms with Gasteiger partial charge in [-0.15, -0.1) is 0 Å². The minimum Gasteiger partial charge on any atom is -0.397 e. The Morgan fingerprint density at radius 2 is 2.24 bits per heavy atom. The molecule has 0 radical (unpaired) electrons. The van der Waals surface area contributed by atoms with Crippen molar-refractivity contribution < 1.29 is 4.79 Å². The Balaban J connectivity index is 1.90. The SMILES string of the molecule is Nc1cnc(NCC(=O)N2CCCC2)c(Br)c1. The molecule has 0 aromatic carbocycles. The second kappa shape index (κ2) is 5.35. The van der Waals surface area contributed by atoms with Crippen molar-refractivity contribution >= 4 is 33.3 Å². The van der Waals surface area contributed by atoms with Crippen LogP contribution in [0.3, 0.4) is 0 Å². The molecule has 0 bridgehead atoms. The van der Waals surface area contributed by atoms with Crippen molar-refractivity contribution in [1.29, 1.82) is 0 Å². The fourth-order valence-electron chi connectivity index (χ4n) is 1.82. The fraction of sp³-hybridized carbons (Fsp3) is 0.455. The van der Waals surface area contributed by atoms with E-state index in [9.17, 15) is 4.79 Å². The monoisotopic (exact) mass is 298 g/mol. The van der Waals surface area contributed by atoms with E-state index in [4.69, 9.17) is 5.73 Å². The number of nitrogen functional groups attached to an aromatic ring is 1. The van der Waals surface area contributed by atoms with Crippen molar-refractivity contribution in [3.8, 4) is 0 Å². The summed E-state index contributed by atoms with van der Waals surface area (Å²) >= 11 is 3.35. The number of aromatic nitrogens is 1. The minimum atomic E-state index is 0.119. The first-order valence-electron chi connectivity index (χ1n) is 5.59. The van der Waals surface area contributed by atoms with Crippen LogP contribution in [0.1, 0.15) is 12.8 Å². The minimum absolute atomic E-state index is 0.119. The van der Waals surface area contributed by atoms with Crippen molar-refractivity contribution in [1.82, 2.24) is 9.88 Å². The summed E-state index contributed by atoms with van der Waals surface area (Å²) in [4.78, 5) is 17.8. The Bertz CT molecular complexity index is 418. The van der Waals surface area contributed by atoms with Crippen LogP contribution in [0.4, 0.5) is 11.5 Å². The van der Waals surface area contributed by atoms with E-state index in [1.807, 2.05) is 4.90 Å². The lowest BCUT2D eigenvalue weighted by Gasteiger charge is -2.16. The number of nitrogens with two attached hydrogens (primary N) is 1. The van der Waals surface area contributed by atoms with E-state index in [-0.39, 0.29) is 12.5 Å². The molecule has 5 nitrogen and oxygen atoms in total. The first-order chi connectivity index (χ1) is 8.16. The lowest BCUT2D eigenvalue weighted by molar-refractivity contribution is -0.128. The van der Waals surface area contributed by atoms with Gasteiger partial charge in [-0.25, -0.2) is 4.98 Å². The van der Waals surface area contributed by atoms with Crippen LogP contribution in [-0.2, 0) is 4.79 Å². The Morgan fingerprint density at radius 3 is 2.88 bits per heavy atom. The Kier molecular flexibility index (Phi) is 3.83. The number of halogens is 1. The number of amides is 1. The molecule has 1 aliphatic heterocycles. The van der Waals surface area contributed by atoms with Gasteiger partial charge in [-0.2, -0.15) is 0 Å². The van der Waals surface area contributed by atoms with E-state index in [1.54, 1.807) is 12.3 Å². The normalized spacial score (nSPS) is 15.0. The molecule has 0 saturated carbocycles. The van der Waals surface area contributed by atoms with Gasteiger partial charge in [-0.1, -0.05) is 0 Å². The fourth-order valence-corrected chi connectivity index (χ4v) is 2.33. The topological polar surface area (TPSA) is 71.2 Å². The first-order valence-corrected chi connectivity index (χ1v) is 6.39. The van der Waals surface area contributed by atoms with Crippen LogP contribution in [0.25, 0.3) is 0 Å². The number of nitrogens with zero attached hydrogens (tertiary/aromatic N) is 2. The van der Waals surface area contributed by atoms with Gasteiger partial charge < -0.3 is 16.0 Å². The molecule has 1 aliphatic rings. The molecule has 92 valence electrons. The largest absolute Gasteiger partial charge is 0.397 e. The third-order valence-corrected chi connectivity index (χ3v) is 3.33. The van der Waals surface area contributed by atoms with Crippen LogP contribution in [0.2, 0.25) is 0 Å². The van der Waals surface area contributed by atoms with E-state index in [0.29, 0.717) is 11.5 Å². The van der Waals surface area contributed by atoms with Crippen LogP contribution < -0.4 is 11.1 Å². The molecule has 0 atom stereocenters. The molecule has 1 aromatic rings. The number of hydrogen-bond donors (Lipinski definition) is 2. The number of likely N-dealkylation sites (tertiary alicyclic amines) is 1. The summed E-state index contributed by atoms with van der Waals surface area (Å²) in [6, 6.07) is 1.76. The number of anilines is 2. The summed E-state index contributed by atoms with van der Waals surface area (Å²) in [5, 5.41) is 3.01. The van der Waals surface area contributed by atoms with Gasteiger partial charge in [0.05, 0.1) is 22.9 Å². The second-order valence-corrected chi connectivity index (χ2v) is 4.89. The smallest absolute Gasteiger partial charge is 0.241 e. The van der Waals surface area contributed by atoms with E-state index in [2.05, 4.69) is 26.2 Å². The van der Waals surface area contributed by atoms with Crippen molar-refractivity contribution in [2.45, 2.75) is 12.8 Å². The van der Waals surface area contributed by atoms with E-state index in [0.717, 1.165) is 30.4 Å². The van der Waals surface area contributed by atoms with Crippen LogP contribution in [0, 0.1) is 0 Å². The average molecular weight is 299 g/mol. The number of pyridine rings is 1. The Labute approximate surface area is 109 Å². The Morgan fingerprint density at radius 1 is 1.53 bits per heavy atom. The Hall–Kier alpha value is -1.30. The number of nitrogens with one attached hydrogen (secondary N) is 1. The molecular formula is C11H15BrN4O. The highest BCUT2D eigenvalue weighted by Gasteiger charge is 2.17. The van der Waals surface area contributed by atoms with Crippen molar-refractivity contribution in [3.05, 3.63) is 16.7 Å². The molecule has 1 fully saturated rings. The molecule has 2 rings (SSSR count). The summed E-state index contributed by atoms with van der Waals surface area (Å²) < 4.78 is 0.770. The van der Waals surface area contributed by atoms with Gasteiger partial charge in [-0.05, 0) is 34.8 Å². The van der Waals surface area contributed by atoms with Crippen LogP contribution >= 0.6 is 15.9 Å². The van der Waals surface area contributed by atoms with E-state index < -0.39 is 0 Å². The number of carbonyl (C=O) groups is 1. The molecule has 17 heavy (non-hydrogen) atoms. The van der Waals surface area contributed by atoms with Gasteiger partial charge in [0.25, 0.3) is 0 Å². The van der Waals surface area contributed by atoms with Gasteiger partial charge >= 0.3 is 0 Å². The maximum atomic E-state index is 11.8. The van der Waals surface area contributed by atoms with Crippen LogP contribution in [0.5, 0.6) is 0 Å². The quantitative estimate of drug-likeness (QED) is 0.886. The average Bonchev–Trinajstić information content (AvgIpc) is 2.81. The molecular weight excluding hydrogens is 284 g/mol. The summed E-state index contributed by atoms with van der Waals surface area (Å²) in [5.74, 6) is 0.764. The van der Waals surface area contributed by atoms with Gasteiger partial charge in [0.1, 0.15) is 5.82 Å². The molecule has 6 heteroatoms. The van der Waals surface area contributed by atoms with Crippen LogP contribution in [0.15, 0.2) is 16.7 Å². The van der Waals surface area contributed by atoms with Crippen LogP contribution in [-0.4, -0.2) is 35.4 Å². The van der Waals surface area contributed by atoms with Crippen molar-refractivity contribution in [2.75, 3.05) is 30.7 Å². The molecule has 2 heterocycles. The number of hydrogen-bond acceptors (Lipinski definition) is 4. The van der Waals surface area contributed by atoms with Gasteiger partial charge in [0, 0.05) is 13.1 Å². The van der Waals surface area contributed by atoms with Gasteiger partial charge in [0.2, 0.25) is 5.91 Å². The van der Waals surface area contributed by atoms with Crippen molar-refractivity contribution in [2.24, 2.45) is 0 Å². The highest BCUT2D eigenvalue weighted by molar-refractivity contribution is 9.10. The maximum Gasteiger partial charge on any atom is 0.241 e. The summed E-state index contributed by atoms with van der Waals surface area (Å²) in [6.45, 7) is 2.02. The third kappa shape index (κ3) is 3.09. The lowest BCUT2D eigenvalue weighted by atomic mass is 10.4. The number of rotatable bonds is 3. The maximum absolute atomic E-state index is 11.8. The highest BCUT2D eigenvalue weighted by atomic mass is 79.9. The second-order valence-electron chi connectivity index (χ2n) is 4.04. The zero-order valence-electron chi connectivity index (χ0n) is 9.45. The van der Waals surface area contributed by atoms with E-state index in [1.165, 1.54) is 0 Å². The summed E-state index contributed by atoms with van der Waals surface area (Å²) in [6.07, 6.45) is 3.78. The predicted octanol–water partition coefficient (Wildman–Crippen LogP) is 1.46. The van der Waals surface area contributed by atoms with E-state index >= 15 is 0 Å². The zero-order valence-corrected chi connectivity index (χ0v) is 11.0.